The van der Waals surface area contributed by atoms with E-state index in [0.717, 1.165) is 18.5 Å². The molecule has 0 unspecified atom stereocenters. The minimum absolute atomic E-state index is 0.0223. The lowest BCUT2D eigenvalue weighted by Crippen LogP contribution is -2.13. The van der Waals surface area contributed by atoms with Crippen molar-refractivity contribution in [1.82, 2.24) is 9.78 Å². The number of carboxylic acid groups (broad SMARTS) is 1. The van der Waals surface area contributed by atoms with Gasteiger partial charge in [-0.15, -0.1) is 0 Å². The quantitative estimate of drug-likeness (QED) is 0.774. The van der Waals surface area contributed by atoms with Crippen LogP contribution in [0.3, 0.4) is 0 Å². The fraction of sp³-hybridized carbons (Fsp3) is 0.600. The summed E-state index contributed by atoms with van der Waals surface area (Å²) in [5.41, 5.74) is 7.40. The van der Waals surface area contributed by atoms with Crippen LogP contribution in [0.1, 0.15) is 36.4 Å². The zero-order valence-electron chi connectivity index (χ0n) is 8.73. The highest BCUT2D eigenvalue weighted by molar-refractivity contribution is 5.73. The minimum Gasteiger partial charge on any atom is -0.481 e. The molecule has 5 heteroatoms. The number of nitrogens with two attached hydrogens (primary N) is 1. The van der Waals surface area contributed by atoms with E-state index in [0.29, 0.717) is 17.3 Å². The molecule has 1 aromatic rings. The number of aromatic nitrogens is 2. The van der Waals surface area contributed by atoms with Gasteiger partial charge in [0.15, 0.2) is 0 Å². The zero-order valence-corrected chi connectivity index (χ0v) is 8.73. The molecule has 0 radical (unpaired) electrons. The van der Waals surface area contributed by atoms with Gasteiger partial charge in [0.2, 0.25) is 0 Å². The Morgan fingerprint density at radius 1 is 1.67 bits per heavy atom. The van der Waals surface area contributed by atoms with E-state index in [1.54, 1.807) is 11.7 Å². The summed E-state index contributed by atoms with van der Waals surface area (Å²) in [5.74, 6) is 0.0532. The molecule has 1 aliphatic rings. The third-order valence-corrected chi connectivity index (χ3v) is 3.04. The number of nitrogen functional groups attached to an aromatic ring is 1. The fourth-order valence-electron chi connectivity index (χ4n) is 1.94. The Balaban J connectivity index is 2.34. The lowest BCUT2D eigenvalue weighted by atomic mass is 9.81. The maximum atomic E-state index is 10.7. The molecule has 5 nitrogen and oxygen atoms in total. The van der Waals surface area contributed by atoms with E-state index in [2.05, 4.69) is 5.10 Å². The molecule has 3 N–H and O–H groups in total. The van der Waals surface area contributed by atoms with Gasteiger partial charge in [-0.3, -0.25) is 9.48 Å². The van der Waals surface area contributed by atoms with Crippen LogP contribution in [-0.2, 0) is 18.3 Å². The molecule has 0 aromatic carbocycles. The van der Waals surface area contributed by atoms with Crippen molar-refractivity contribution >= 4 is 11.8 Å². The highest BCUT2D eigenvalue weighted by atomic mass is 16.4. The number of hydrogen-bond donors (Lipinski definition) is 2. The molecular weight excluding hydrogens is 194 g/mol. The monoisotopic (exact) mass is 209 g/mol. The molecule has 0 saturated heterocycles. The summed E-state index contributed by atoms with van der Waals surface area (Å²) >= 11 is 0. The Hall–Kier alpha value is -1.52. The molecule has 0 spiro atoms. The maximum Gasteiger partial charge on any atom is 0.308 e. The van der Waals surface area contributed by atoms with Crippen molar-refractivity contribution in [1.29, 1.82) is 0 Å². The Bertz CT molecular complexity index is 394. The van der Waals surface area contributed by atoms with Crippen molar-refractivity contribution < 1.29 is 9.90 Å². The van der Waals surface area contributed by atoms with Gasteiger partial charge < -0.3 is 10.8 Å². The van der Waals surface area contributed by atoms with E-state index in [1.165, 1.54) is 6.42 Å². The van der Waals surface area contributed by atoms with E-state index in [1.807, 2.05) is 0 Å². The summed E-state index contributed by atoms with van der Waals surface area (Å²) in [4.78, 5) is 10.7. The van der Waals surface area contributed by atoms with Gasteiger partial charge in [-0.05, 0) is 12.8 Å². The molecule has 82 valence electrons. The van der Waals surface area contributed by atoms with Gasteiger partial charge in [0.1, 0.15) is 5.82 Å². The first kappa shape index (κ1) is 10.0. The zero-order chi connectivity index (χ0) is 11.0. The third kappa shape index (κ3) is 1.69. The Morgan fingerprint density at radius 3 is 2.80 bits per heavy atom. The van der Waals surface area contributed by atoms with Gasteiger partial charge in [0.05, 0.1) is 12.1 Å². The topological polar surface area (TPSA) is 81.1 Å². The van der Waals surface area contributed by atoms with Gasteiger partial charge in [0, 0.05) is 18.5 Å². The first-order chi connectivity index (χ1) is 7.09. The first-order valence-corrected chi connectivity index (χ1v) is 5.12. The molecule has 1 aromatic heterocycles. The van der Waals surface area contributed by atoms with Crippen molar-refractivity contribution in [3.05, 3.63) is 11.3 Å². The summed E-state index contributed by atoms with van der Waals surface area (Å²) in [6.45, 7) is 0. The van der Waals surface area contributed by atoms with Crippen LogP contribution >= 0.6 is 0 Å². The molecule has 1 heterocycles. The first-order valence-electron chi connectivity index (χ1n) is 5.12. The number of nitrogens with zero attached hydrogens (tertiary/aromatic N) is 2. The van der Waals surface area contributed by atoms with Crippen LogP contribution < -0.4 is 5.73 Å². The van der Waals surface area contributed by atoms with Gasteiger partial charge in [0.25, 0.3) is 0 Å². The number of rotatable bonds is 3. The lowest BCUT2D eigenvalue weighted by molar-refractivity contribution is -0.136. The second-order valence-electron chi connectivity index (χ2n) is 4.07. The van der Waals surface area contributed by atoms with Crippen molar-refractivity contribution in [2.75, 3.05) is 5.73 Å². The average molecular weight is 209 g/mol. The van der Waals surface area contributed by atoms with Gasteiger partial charge in [-0.1, -0.05) is 6.42 Å². The molecule has 1 saturated carbocycles. The number of carboxylic acids is 1. The third-order valence-electron chi connectivity index (χ3n) is 3.04. The Labute approximate surface area is 87.9 Å². The van der Waals surface area contributed by atoms with Crippen molar-refractivity contribution in [2.45, 2.75) is 31.6 Å². The van der Waals surface area contributed by atoms with Gasteiger partial charge in [-0.25, -0.2) is 0 Å². The Kier molecular flexibility index (Phi) is 2.38. The molecule has 0 amide bonds. The average Bonchev–Trinajstić information content (AvgIpc) is 2.30. The van der Waals surface area contributed by atoms with Crippen LogP contribution in [0.4, 0.5) is 5.82 Å². The van der Waals surface area contributed by atoms with Crippen LogP contribution in [-0.4, -0.2) is 20.9 Å². The van der Waals surface area contributed by atoms with E-state index in [4.69, 9.17) is 10.8 Å². The van der Waals surface area contributed by atoms with Crippen LogP contribution in [0, 0.1) is 0 Å². The molecule has 1 fully saturated rings. The summed E-state index contributed by atoms with van der Waals surface area (Å²) in [7, 11) is 1.75. The Morgan fingerprint density at radius 2 is 2.33 bits per heavy atom. The van der Waals surface area contributed by atoms with E-state index in [-0.39, 0.29) is 6.42 Å². The predicted octanol–water partition coefficient (Wildman–Crippen LogP) is 0.897. The van der Waals surface area contributed by atoms with Crippen molar-refractivity contribution in [2.24, 2.45) is 7.05 Å². The number of aryl methyl sites for hydroxylation is 1. The largest absolute Gasteiger partial charge is 0.481 e. The fourth-order valence-corrected chi connectivity index (χ4v) is 1.94. The number of anilines is 1. The molecule has 0 atom stereocenters. The SMILES string of the molecule is Cn1nc(C2CCC2)c(CC(=O)O)c1N. The van der Waals surface area contributed by atoms with Crippen LogP contribution in [0.2, 0.25) is 0 Å². The van der Waals surface area contributed by atoms with E-state index >= 15 is 0 Å². The minimum atomic E-state index is -0.852. The highest BCUT2D eigenvalue weighted by Gasteiger charge is 2.27. The smallest absolute Gasteiger partial charge is 0.308 e. The van der Waals surface area contributed by atoms with Crippen molar-refractivity contribution in [3.63, 3.8) is 0 Å². The lowest BCUT2D eigenvalue weighted by Gasteiger charge is -2.24. The van der Waals surface area contributed by atoms with E-state index in [9.17, 15) is 4.79 Å². The van der Waals surface area contributed by atoms with Crippen LogP contribution in [0.25, 0.3) is 0 Å². The summed E-state index contributed by atoms with van der Waals surface area (Å²) in [6, 6.07) is 0. The van der Waals surface area contributed by atoms with Gasteiger partial charge in [-0.2, -0.15) is 5.10 Å². The summed E-state index contributed by atoms with van der Waals surface area (Å²) in [6.07, 6.45) is 3.38. The molecule has 15 heavy (non-hydrogen) atoms. The summed E-state index contributed by atoms with van der Waals surface area (Å²) < 4.78 is 1.58. The molecule has 0 bridgehead atoms. The number of carbonyl (C=O) groups is 1. The summed E-state index contributed by atoms with van der Waals surface area (Å²) in [5, 5.41) is 13.1. The van der Waals surface area contributed by atoms with E-state index < -0.39 is 5.97 Å². The van der Waals surface area contributed by atoms with Crippen LogP contribution in [0.5, 0.6) is 0 Å². The normalized spacial score (nSPS) is 16.3. The number of hydrogen-bond acceptors (Lipinski definition) is 3. The van der Waals surface area contributed by atoms with Crippen molar-refractivity contribution in [3.8, 4) is 0 Å². The molecule has 0 aliphatic heterocycles. The molecule has 2 rings (SSSR count). The van der Waals surface area contributed by atoms with Gasteiger partial charge >= 0.3 is 5.97 Å². The maximum absolute atomic E-state index is 10.7. The predicted molar refractivity (Wildman–Crippen MR) is 55.6 cm³/mol. The standard InChI is InChI=1S/C10H15N3O2/c1-13-10(11)7(5-8(14)15)9(12-13)6-3-2-4-6/h6H,2-5,11H2,1H3,(H,14,15). The molecular formula is C10H15N3O2. The van der Waals surface area contributed by atoms with Crippen LogP contribution in [0.15, 0.2) is 0 Å². The second-order valence-corrected chi connectivity index (χ2v) is 4.07. The number of aliphatic carboxylic acids is 1. The highest BCUT2D eigenvalue weighted by Crippen LogP contribution is 2.38. The second kappa shape index (κ2) is 3.56. The molecule has 1 aliphatic carbocycles.